The number of aliphatic hydroxyl groups is 1. The van der Waals surface area contributed by atoms with Crippen molar-refractivity contribution in [1.29, 1.82) is 0 Å². The van der Waals surface area contributed by atoms with Crippen molar-refractivity contribution in [3.63, 3.8) is 0 Å². The smallest absolute Gasteiger partial charge is 0.343 e. The molecule has 0 unspecified atom stereocenters. The van der Waals surface area contributed by atoms with E-state index in [0.29, 0.717) is 12.1 Å². The molecule has 1 atom stereocenters. The van der Waals surface area contributed by atoms with Crippen LogP contribution in [0.5, 0.6) is 0 Å². The molecule has 0 aliphatic heterocycles. The van der Waals surface area contributed by atoms with Gasteiger partial charge in [0, 0.05) is 6.42 Å². The molecular formula is C15H17NO4. The Morgan fingerprint density at radius 2 is 2.10 bits per heavy atom. The predicted molar refractivity (Wildman–Crippen MR) is 72.3 cm³/mol. The summed E-state index contributed by atoms with van der Waals surface area (Å²) in [5.41, 5.74) is 1.59. The molecule has 20 heavy (non-hydrogen) atoms. The molecule has 1 heterocycles. The average Bonchev–Trinajstić information content (AvgIpc) is 2.82. The van der Waals surface area contributed by atoms with Crippen LogP contribution in [-0.4, -0.2) is 22.8 Å². The van der Waals surface area contributed by atoms with Crippen molar-refractivity contribution in [2.45, 2.75) is 26.4 Å². The monoisotopic (exact) mass is 275 g/mol. The van der Waals surface area contributed by atoms with Gasteiger partial charge in [-0.1, -0.05) is 35.5 Å². The first kappa shape index (κ1) is 14.3. The number of esters is 1. The highest BCUT2D eigenvalue weighted by Crippen LogP contribution is 2.25. The Hall–Kier alpha value is -2.14. The number of ether oxygens (including phenoxy) is 1. The van der Waals surface area contributed by atoms with E-state index in [1.807, 2.05) is 30.3 Å². The molecular weight excluding hydrogens is 258 g/mol. The second kappa shape index (κ2) is 6.34. The second-order valence-electron chi connectivity index (χ2n) is 4.43. The van der Waals surface area contributed by atoms with Gasteiger partial charge in [0.2, 0.25) is 0 Å². The summed E-state index contributed by atoms with van der Waals surface area (Å²) in [5.74, 6) is -0.363. The Kier molecular flexibility index (Phi) is 4.53. The number of rotatable bonds is 5. The number of carbonyl (C=O) groups excluding carboxylic acids is 1. The molecule has 5 heteroatoms. The molecule has 0 bridgehead atoms. The third-order valence-electron chi connectivity index (χ3n) is 2.94. The average molecular weight is 275 g/mol. The fourth-order valence-electron chi connectivity index (χ4n) is 2.00. The van der Waals surface area contributed by atoms with E-state index in [9.17, 15) is 9.90 Å². The lowest BCUT2D eigenvalue weighted by molar-refractivity contribution is 0.0512. The zero-order chi connectivity index (χ0) is 14.5. The zero-order valence-corrected chi connectivity index (χ0v) is 11.5. The summed E-state index contributed by atoms with van der Waals surface area (Å²) in [6, 6.07) is 9.48. The largest absolute Gasteiger partial charge is 0.462 e. The van der Waals surface area contributed by atoms with Crippen molar-refractivity contribution >= 4 is 5.97 Å². The van der Waals surface area contributed by atoms with Crippen molar-refractivity contribution in [2.75, 3.05) is 6.61 Å². The number of aliphatic hydroxyl groups excluding tert-OH is 1. The molecule has 2 aromatic rings. The molecule has 0 aliphatic rings. The van der Waals surface area contributed by atoms with Crippen LogP contribution in [0.25, 0.3) is 0 Å². The Bertz CT molecular complexity index is 577. The summed E-state index contributed by atoms with van der Waals surface area (Å²) in [4.78, 5) is 11.9. The van der Waals surface area contributed by atoms with E-state index in [2.05, 4.69) is 5.16 Å². The molecule has 0 saturated heterocycles. The third-order valence-corrected chi connectivity index (χ3v) is 2.94. The van der Waals surface area contributed by atoms with E-state index in [0.717, 1.165) is 5.56 Å². The van der Waals surface area contributed by atoms with E-state index >= 15 is 0 Å². The van der Waals surface area contributed by atoms with Gasteiger partial charge < -0.3 is 14.4 Å². The molecule has 1 aromatic carbocycles. The summed E-state index contributed by atoms with van der Waals surface area (Å²) in [6.45, 7) is 3.63. The van der Waals surface area contributed by atoms with Crippen LogP contribution in [0.3, 0.4) is 0 Å². The molecule has 106 valence electrons. The van der Waals surface area contributed by atoms with Gasteiger partial charge in [0.25, 0.3) is 0 Å². The van der Waals surface area contributed by atoms with Gasteiger partial charge in [-0.05, 0) is 19.4 Å². The molecule has 1 aromatic heterocycles. The lowest BCUT2D eigenvalue weighted by atomic mass is 10.0. The van der Waals surface area contributed by atoms with Crippen molar-refractivity contribution in [3.05, 3.63) is 52.9 Å². The van der Waals surface area contributed by atoms with Crippen molar-refractivity contribution < 1.29 is 19.2 Å². The van der Waals surface area contributed by atoms with Crippen LogP contribution < -0.4 is 0 Å². The predicted octanol–water partition coefficient (Wildman–Crippen LogP) is 2.44. The molecule has 0 spiro atoms. The standard InChI is InChI=1S/C15H17NO4/c1-3-19-15(18)13-10(2)16-20-14(13)12(17)9-11-7-5-4-6-8-11/h4-8,12,17H,3,9H2,1-2H3/t12-/m1/s1. The number of hydrogen-bond acceptors (Lipinski definition) is 5. The Morgan fingerprint density at radius 1 is 1.40 bits per heavy atom. The normalized spacial score (nSPS) is 12.2. The fourth-order valence-corrected chi connectivity index (χ4v) is 2.00. The quantitative estimate of drug-likeness (QED) is 0.848. The first-order valence-electron chi connectivity index (χ1n) is 6.48. The molecule has 0 aliphatic carbocycles. The van der Waals surface area contributed by atoms with Crippen LogP contribution in [0.15, 0.2) is 34.9 Å². The number of carbonyl (C=O) groups is 1. The van der Waals surface area contributed by atoms with Crippen molar-refractivity contribution in [1.82, 2.24) is 5.16 Å². The highest BCUT2D eigenvalue weighted by atomic mass is 16.5. The molecule has 0 saturated carbocycles. The van der Waals surface area contributed by atoms with E-state index < -0.39 is 12.1 Å². The van der Waals surface area contributed by atoms with Crippen LogP contribution >= 0.6 is 0 Å². The van der Waals surface area contributed by atoms with Crippen LogP contribution in [0.4, 0.5) is 0 Å². The first-order chi connectivity index (χ1) is 9.63. The van der Waals surface area contributed by atoms with Gasteiger partial charge in [0.1, 0.15) is 11.7 Å². The van der Waals surface area contributed by atoms with Gasteiger partial charge in [-0.15, -0.1) is 0 Å². The van der Waals surface area contributed by atoms with Gasteiger partial charge in [-0.2, -0.15) is 0 Å². The minimum atomic E-state index is -0.932. The van der Waals surface area contributed by atoms with Crippen molar-refractivity contribution in [2.24, 2.45) is 0 Å². The second-order valence-corrected chi connectivity index (χ2v) is 4.43. The van der Waals surface area contributed by atoms with Crippen LogP contribution in [0.2, 0.25) is 0 Å². The number of nitrogens with zero attached hydrogens (tertiary/aromatic N) is 1. The van der Waals surface area contributed by atoms with E-state index in [4.69, 9.17) is 9.26 Å². The summed E-state index contributed by atoms with van der Waals surface area (Å²) in [7, 11) is 0. The van der Waals surface area contributed by atoms with Gasteiger partial charge >= 0.3 is 5.97 Å². The fraction of sp³-hybridized carbons (Fsp3) is 0.333. The highest BCUT2D eigenvalue weighted by molar-refractivity contribution is 5.91. The van der Waals surface area contributed by atoms with Gasteiger partial charge in [-0.3, -0.25) is 0 Å². The molecule has 1 N–H and O–H groups in total. The molecule has 0 fully saturated rings. The Labute approximate surface area is 117 Å². The van der Waals surface area contributed by atoms with Gasteiger partial charge in [0.05, 0.1) is 12.3 Å². The maximum atomic E-state index is 11.9. The minimum absolute atomic E-state index is 0.157. The SMILES string of the molecule is CCOC(=O)c1c(C)noc1[C@H](O)Cc1ccccc1. The summed E-state index contributed by atoms with van der Waals surface area (Å²) in [5, 5.41) is 14.0. The van der Waals surface area contributed by atoms with Crippen LogP contribution in [0.1, 0.15) is 40.4 Å². The molecule has 0 amide bonds. The molecule has 0 radical (unpaired) electrons. The maximum Gasteiger partial charge on any atom is 0.343 e. The lowest BCUT2D eigenvalue weighted by Gasteiger charge is -2.09. The maximum absolute atomic E-state index is 11.9. The number of benzene rings is 1. The van der Waals surface area contributed by atoms with Crippen LogP contribution in [-0.2, 0) is 11.2 Å². The topological polar surface area (TPSA) is 72.6 Å². The number of aromatic nitrogens is 1. The van der Waals surface area contributed by atoms with Crippen molar-refractivity contribution in [3.8, 4) is 0 Å². The van der Waals surface area contributed by atoms with E-state index in [1.54, 1.807) is 13.8 Å². The first-order valence-corrected chi connectivity index (χ1v) is 6.48. The number of aryl methyl sites for hydroxylation is 1. The van der Waals surface area contributed by atoms with E-state index in [1.165, 1.54) is 0 Å². The Morgan fingerprint density at radius 3 is 2.75 bits per heavy atom. The molecule has 5 nitrogen and oxygen atoms in total. The summed E-state index contributed by atoms with van der Waals surface area (Å²) in [6.07, 6.45) is -0.583. The van der Waals surface area contributed by atoms with Crippen LogP contribution in [0, 0.1) is 6.92 Å². The van der Waals surface area contributed by atoms with E-state index in [-0.39, 0.29) is 17.9 Å². The highest BCUT2D eigenvalue weighted by Gasteiger charge is 2.26. The van der Waals surface area contributed by atoms with Gasteiger partial charge in [-0.25, -0.2) is 4.79 Å². The minimum Gasteiger partial charge on any atom is -0.462 e. The summed E-state index contributed by atoms with van der Waals surface area (Å²) < 4.78 is 10.1. The summed E-state index contributed by atoms with van der Waals surface area (Å²) >= 11 is 0. The Balaban J connectivity index is 2.22. The van der Waals surface area contributed by atoms with Gasteiger partial charge in [0.15, 0.2) is 5.76 Å². The number of hydrogen-bond donors (Lipinski definition) is 1. The third kappa shape index (κ3) is 3.05. The molecule has 2 rings (SSSR count). The zero-order valence-electron chi connectivity index (χ0n) is 11.5. The lowest BCUT2D eigenvalue weighted by Crippen LogP contribution is -2.11.